The first-order valence-electron chi connectivity index (χ1n) is 6.19. The molecule has 0 aliphatic rings. The molecule has 0 saturated heterocycles. The largest absolute Gasteiger partial charge is 0.399 e. The minimum Gasteiger partial charge on any atom is -0.399 e. The maximum absolute atomic E-state index is 6.00. The van der Waals surface area contributed by atoms with Crippen molar-refractivity contribution in [2.45, 2.75) is 25.7 Å². The Kier molecular flexibility index (Phi) is 3.81. The summed E-state index contributed by atoms with van der Waals surface area (Å²) in [6.45, 7) is 2.23. The predicted octanol–water partition coefficient (Wildman–Crippen LogP) is 4.01. The van der Waals surface area contributed by atoms with Crippen LogP contribution in [-0.2, 0) is 6.42 Å². The van der Waals surface area contributed by atoms with Crippen molar-refractivity contribution in [1.82, 2.24) is 0 Å². The summed E-state index contributed by atoms with van der Waals surface area (Å²) in [5.74, 6) is 0.556. The third kappa shape index (κ3) is 2.88. The van der Waals surface area contributed by atoms with Crippen LogP contribution in [0.5, 0.6) is 0 Å². The van der Waals surface area contributed by atoms with E-state index in [-0.39, 0.29) is 0 Å². The Labute approximate surface area is 103 Å². The van der Waals surface area contributed by atoms with Crippen LogP contribution in [0.3, 0.4) is 0 Å². The quantitative estimate of drug-likeness (QED) is 0.782. The van der Waals surface area contributed by atoms with Crippen LogP contribution in [0.15, 0.2) is 54.6 Å². The molecule has 1 atom stereocenters. The SMILES string of the molecule is CCC(Cc1ccccc1N)c1ccccc1. The minimum atomic E-state index is 0.556. The van der Waals surface area contributed by atoms with Gasteiger partial charge in [0.25, 0.3) is 0 Å². The lowest BCUT2D eigenvalue weighted by Crippen LogP contribution is -2.04. The summed E-state index contributed by atoms with van der Waals surface area (Å²) >= 11 is 0. The van der Waals surface area contributed by atoms with Gasteiger partial charge in [0.2, 0.25) is 0 Å². The van der Waals surface area contributed by atoms with E-state index in [4.69, 9.17) is 5.73 Å². The molecule has 88 valence electrons. The second-order valence-electron chi connectivity index (χ2n) is 4.42. The highest BCUT2D eigenvalue weighted by molar-refractivity contribution is 5.47. The van der Waals surface area contributed by atoms with E-state index in [0.29, 0.717) is 5.92 Å². The zero-order valence-corrected chi connectivity index (χ0v) is 10.3. The average molecular weight is 225 g/mol. The molecule has 1 nitrogen and oxygen atoms in total. The van der Waals surface area contributed by atoms with Crippen molar-refractivity contribution in [2.24, 2.45) is 0 Å². The van der Waals surface area contributed by atoms with Gasteiger partial charge in [0.05, 0.1) is 0 Å². The highest BCUT2D eigenvalue weighted by Crippen LogP contribution is 2.26. The Hall–Kier alpha value is -1.76. The van der Waals surface area contributed by atoms with Gasteiger partial charge in [0.1, 0.15) is 0 Å². The van der Waals surface area contributed by atoms with Crippen molar-refractivity contribution in [2.75, 3.05) is 5.73 Å². The van der Waals surface area contributed by atoms with Crippen LogP contribution in [0.1, 0.15) is 30.4 Å². The fraction of sp³-hybridized carbons (Fsp3) is 0.250. The Bertz CT molecular complexity index is 462. The van der Waals surface area contributed by atoms with E-state index < -0.39 is 0 Å². The maximum Gasteiger partial charge on any atom is 0.0346 e. The fourth-order valence-corrected chi connectivity index (χ4v) is 2.21. The monoisotopic (exact) mass is 225 g/mol. The lowest BCUT2D eigenvalue weighted by atomic mass is 9.89. The molecule has 1 heteroatoms. The zero-order valence-electron chi connectivity index (χ0n) is 10.3. The second kappa shape index (κ2) is 5.53. The first-order chi connectivity index (χ1) is 8.31. The Balaban J connectivity index is 2.19. The van der Waals surface area contributed by atoms with E-state index in [1.54, 1.807) is 0 Å². The Morgan fingerprint density at radius 2 is 1.59 bits per heavy atom. The molecule has 0 aliphatic carbocycles. The number of nitrogen functional groups attached to an aromatic ring is 1. The Morgan fingerprint density at radius 1 is 0.941 bits per heavy atom. The summed E-state index contributed by atoms with van der Waals surface area (Å²) in [5, 5.41) is 0. The van der Waals surface area contributed by atoms with Crippen LogP contribution in [-0.4, -0.2) is 0 Å². The van der Waals surface area contributed by atoms with Gasteiger partial charge in [-0.05, 0) is 36.0 Å². The van der Waals surface area contributed by atoms with Crippen molar-refractivity contribution >= 4 is 5.69 Å². The molecule has 2 N–H and O–H groups in total. The van der Waals surface area contributed by atoms with Gasteiger partial charge in [-0.1, -0.05) is 55.5 Å². The van der Waals surface area contributed by atoms with Gasteiger partial charge >= 0.3 is 0 Å². The molecule has 0 saturated carbocycles. The number of nitrogens with two attached hydrogens (primary N) is 1. The topological polar surface area (TPSA) is 26.0 Å². The van der Waals surface area contributed by atoms with Crippen molar-refractivity contribution in [1.29, 1.82) is 0 Å². The predicted molar refractivity (Wildman–Crippen MR) is 74.0 cm³/mol. The molecule has 0 aliphatic heterocycles. The molecular formula is C16H19N. The molecule has 0 heterocycles. The van der Waals surface area contributed by atoms with Crippen LogP contribution < -0.4 is 5.73 Å². The van der Waals surface area contributed by atoms with Crippen molar-refractivity contribution in [3.63, 3.8) is 0 Å². The zero-order chi connectivity index (χ0) is 12.1. The summed E-state index contributed by atoms with van der Waals surface area (Å²) in [7, 11) is 0. The van der Waals surface area contributed by atoms with Crippen LogP contribution in [0.2, 0.25) is 0 Å². The molecule has 0 amide bonds. The van der Waals surface area contributed by atoms with Gasteiger partial charge < -0.3 is 5.73 Å². The van der Waals surface area contributed by atoms with E-state index in [9.17, 15) is 0 Å². The molecule has 2 rings (SSSR count). The fourth-order valence-electron chi connectivity index (χ4n) is 2.21. The van der Waals surface area contributed by atoms with Gasteiger partial charge in [0.15, 0.2) is 0 Å². The average Bonchev–Trinajstić information content (AvgIpc) is 2.39. The van der Waals surface area contributed by atoms with Crippen LogP contribution >= 0.6 is 0 Å². The van der Waals surface area contributed by atoms with Crippen molar-refractivity contribution in [3.8, 4) is 0 Å². The molecule has 0 fully saturated rings. The minimum absolute atomic E-state index is 0.556. The molecule has 2 aromatic rings. The van der Waals surface area contributed by atoms with Gasteiger partial charge in [0, 0.05) is 5.69 Å². The maximum atomic E-state index is 6.00. The third-order valence-corrected chi connectivity index (χ3v) is 3.29. The van der Waals surface area contributed by atoms with E-state index in [0.717, 1.165) is 18.5 Å². The van der Waals surface area contributed by atoms with E-state index in [2.05, 4.69) is 49.4 Å². The molecule has 0 bridgehead atoms. The number of para-hydroxylation sites is 1. The van der Waals surface area contributed by atoms with E-state index in [1.807, 2.05) is 12.1 Å². The highest BCUT2D eigenvalue weighted by atomic mass is 14.6. The summed E-state index contributed by atoms with van der Waals surface area (Å²) < 4.78 is 0. The number of hydrogen-bond acceptors (Lipinski definition) is 1. The second-order valence-corrected chi connectivity index (χ2v) is 4.42. The summed E-state index contributed by atoms with van der Waals surface area (Å²) in [4.78, 5) is 0. The van der Waals surface area contributed by atoms with Crippen LogP contribution in [0.4, 0.5) is 5.69 Å². The first-order valence-corrected chi connectivity index (χ1v) is 6.19. The van der Waals surface area contributed by atoms with E-state index >= 15 is 0 Å². The van der Waals surface area contributed by atoms with Crippen LogP contribution in [0.25, 0.3) is 0 Å². The molecule has 1 unspecified atom stereocenters. The summed E-state index contributed by atoms with van der Waals surface area (Å²) in [6, 6.07) is 18.8. The van der Waals surface area contributed by atoms with Crippen molar-refractivity contribution < 1.29 is 0 Å². The molecular weight excluding hydrogens is 206 g/mol. The molecule has 0 aromatic heterocycles. The standard InChI is InChI=1S/C16H19N/c1-2-13(14-8-4-3-5-9-14)12-15-10-6-7-11-16(15)17/h3-11,13H,2,12,17H2,1H3. The number of anilines is 1. The van der Waals surface area contributed by atoms with Gasteiger partial charge in [-0.2, -0.15) is 0 Å². The molecule has 17 heavy (non-hydrogen) atoms. The smallest absolute Gasteiger partial charge is 0.0346 e. The molecule has 0 radical (unpaired) electrons. The van der Waals surface area contributed by atoms with Crippen LogP contribution in [0, 0.1) is 0 Å². The lowest BCUT2D eigenvalue weighted by molar-refractivity contribution is 0.661. The molecule has 0 spiro atoms. The highest BCUT2D eigenvalue weighted by Gasteiger charge is 2.11. The lowest BCUT2D eigenvalue weighted by Gasteiger charge is -2.16. The Morgan fingerprint density at radius 3 is 2.24 bits per heavy atom. The van der Waals surface area contributed by atoms with E-state index in [1.165, 1.54) is 11.1 Å². The number of benzene rings is 2. The third-order valence-electron chi connectivity index (χ3n) is 3.29. The van der Waals surface area contributed by atoms with Gasteiger partial charge in [-0.3, -0.25) is 0 Å². The van der Waals surface area contributed by atoms with Crippen molar-refractivity contribution in [3.05, 3.63) is 65.7 Å². The van der Waals surface area contributed by atoms with Gasteiger partial charge in [-0.25, -0.2) is 0 Å². The molecule has 2 aromatic carbocycles. The number of hydrogen-bond donors (Lipinski definition) is 1. The summed E-state index contributed by atoms with van der Waals surface area (Å²) in [5.41, 5.74) is 9.56. The normalized spacial score (nSPS) is 12.3. The number of rotatable bonds is 4. The van der Waals surface area contributed by atoms with Gasteiger partial charge in [-0.15, -0.1) is 0 Å². The summed E-state index contributed by atoms with van der Waals surface area (Å²) in [6.07, 6.45) is 2.16. The first kappa shape index (κ1) is 11.7.